The van der Waals surface area contributed by atoms with E-state index in [2.05, 4.69) is 15.4 Å². The van der Waals surface area contributed by atoms with Gasteiger partial charge in [-0.3, -0.25) is 10.2 Å². The first-order valence-electron chi connectivity index (χ1n) is 2.96. The van der Waals surface area contributed by atoms with Crippen LogP contribution in [0.3, 0.4) is 0 Å². The molecule has 0 saturated heterocycles. The molecule has 0 aliphatic heterocycles. The van der Waals surface area contributed by atoms with E-state index in [1.807, 2.05) is 5.43 Å². The van der Waals surface area contributed by atoms with Crippen LogP contribution in [0.4, 0.5) is 0 Å². The minimum Gasteiger partial charge on any atom is -0.293 e. The second-order valence-electron chi connectivity index (χ2n) is 1.93. The summed E-state index contributed by atoms with van der Waals surface area (Å²) >= 11 is 0. The summed E-state index contributed by atoms with van der Waals surface area (Å²) in [5.41, 5.74) is 1.96. The Labute approximate surface area is 62.5 Å². The monoisotopic (exact) mass is 156 g/mol. The summed E-state index contributed by atoms with van der Waals surface area (Å²) in [5, 5.41) is 10.9. The largest absolute Gasteiger partial charge is 0.293 e. The maximum Gasteiger partial charge on any atom is 0.257 e. The van der Waals surface area contributed by atoms with Crippen molar-refractivity contribution < 1.29 is 4.79 Å². The molecule has 0 aromatic carbocycles. The van der Waals surface area contributed by atoms with Crippen LogP contribution in [-0.2, 0) is 11.3 Å². The molecule has 1 amide bonds. The highest BCUT2D eigenvalue weighted by Crippen LogP contribution is 1.80. The minimum absolute atomic E-state index is 0.00264. The summed E-state index contributed by atoms with van der Waals surface area (Å²) in [4.78, 5) is 11.8. The number of carbonyl (C=O) groups excluding carboxylic acids is 1. The van der Waals surface area contributed by atoms with Crippen molar-refractivity contribution in [2.24, 2.45) is 5.84 Å². The van der Waals surface area contributed by atoms with E-state index in [1.165, 1.54) is 0 Å². The van der Waals surface area contributed by atoms with E-state index in [1.54, 1.807) is 6.92 Å². The van der Waals surface area contributed by atoms with Crippen LogP contribution in [-0.4, -0.2) is 26.1 Å². The lowest BCUT2D eigenvalue weighted by Gasteiger charge is -1.95. The topological polar surface area (TPSA) is 98.7 Å². The van der Waals surface area contributed by atoms with Gasteiger partial charge in [-0.15, -0.1) is 10.2 Å². The van der Waals surface area contributed by atoms with E-state index in [4.69, 9.17) is 5.84 Å². The molecule has 1 rings (SSSR count). The molecule has 1 aromatic rings. The van der Waals surface area contributed by atoms with Crippen LogP contribution in [0.15, 0.2) is 0 Å². The van der Waals surface area contributed by atoms with Crippen LogP contribution in [0.5, 0.6) is 0 Å². The maximum absolute atomic E-state index is 10.6. The number of aryl methyl sites for hydroxylation is 1. The van der Waals surface area contributed by atoms with E-state index in [0.29, 0.717) is 5.82 Å². The third-order valence-corrected chi connectivity index (χ3v) is 0.999. The van der Waals surface area contributed by atoms with Gasteiger partial charge in [0, 0.05) is 0 Å². The van der Waals surface area contributed by atoms with E-state index in [-0.39, 0.29) is 12.5 Å². The van der Waals surface area contributed by atoms with Gasteiger partial charge in [-0.05, 0) is 12.1 Å². The third kappa shape index (κ3) is 1.97. The van der Waals surface area contributed by atoms with Gasteiger partial charge >= 0.3 is 0 Å². The molecule has 3 N–H and O–H groups in total. The normalized spacial score (nSPS) is 9.64. The van der Waals surface area contributed by atoms with Crippen LogP contribution in [0, 0.1) is 6.92 Å². The molecular weight excluding hydrogens is 148 g/mol. The molecule has 7 nitrogen and oxygen atoms in total. The van der Waals surface area contributed by atoms with Crippen molar-refractivity contribution in [2.75, 3.05) is 0 Å². The first-order valence-corrected chi connectivity index (χ1v) is 2.96. The van der Waals surface area contributed by atoms with Crippen LogP contribution >= 0.6 is 0 Å². The lowest BCUT2D eigenvalue weighted by Crippen LogP contribution is -2.33. The molecule has 0 aliphatic rings. The molecule has 0 fully saturated rings. The minimum atomic E-state index is -0.359. The number of hydrogen-bond donors (Lipinski definition) is 2. The highest BCUT2D eigenvalue weighted by molar-refractivity contribution is 5.74. The molecule has 0 spiro atoms. The van der Waals surface area contributed by atoms with Crippen LogP contribution in [0.1, 0.15) is 5.82 Å². The zero-order valence-electron chi connectivity index (χ0n) is 5.98. The third-order valence-electron chi connectivity index (χ3n) is 0.999. The Bertz CT molecular complexity index is 255. The van der Waals surface area contributed by atoms with Crippen molar-refractivity contribution in [3.05, 3.63) is 5.82 Å². The number of hydrogen-bond acceptors (Lipinski definition) is 5. The van der Waals surface area contributed by atoms with Crippen molar-refractivity contribution in [1.82, 2.24) is 25.6 Å². The van der Waals surface area contributed by atoms with E-state index in [9.17, 15) is 4.79 Å². The van der Waals surface area contributed by atoms with Gasteiger partial charge in [0.25, 0.3) is 5.91 Å². The van der Waals surface area contributed by atoms with Crippen LogP contribution < -0.4 is 11.3 Å². The van der Waals surface area contributed by atoms with E-state index >= 15 is 0 Å². The Morgan fingerprint density at radius 1 is 1.82 bits per heavy atom. The lowest BCUT2D eigenvalue weighted by atomic mass is 10.6. The first-order chi connectivity index (χ1) is 5.22. The molecule has 0 unspecified atom stereocenters. The summed E-state index contributed by atoms with van der Waals surface area (Å²) in [6.07, 6.45) is 0. The van der Waals surface area contributed by atoms with Gasteiger partial charge in [0.15, 0.2) is 5.82 Å². The van der Waals surface area contributed by atoms with Crippen LogP contribution in [0.25, 0.3) is 0 Å². The number of hydrazine groups is 1. The Morgan fingerprint density at radius 2 is 2.55 bits per heavy atom. The summed E-state index contributed by atoms with van der Waals surface area (Å²) in [5.74, 6) is 5.00. The summed E-state index contributed by atoms with van der Waals surface area (Å²) in [7, 11) is 0. The Hall–Kier alpha value is -1.50. The molecule has 1 heterocycles. The van der Waals surface area contributed by atoms with Gasteiger partial charge in [0.1, 0.15) is 6.54 Å². The fourth-order valence-electron chi connectivity index (χ4n) is 0.564. The van der Waals surface area contributed by atoms with Gasteiger partial charge in [-0.1, -0.05) is 0 Å². The molecule has 60 valence electrons. The summed E-state index contributed by atoms with van der Waals surface area (Å²) in [6.45, 7) is 1.68. The fraction of sp³-hybridized carbons (Fsp3) is 0.500. The first kappa shape index (κ1) is 7.61. The summed E-state index contributed by atoms with van der Waals surface area (Å²) in [6, 6.07) is 0. The standard InChI is InChI=1S/C4H8N6O/c1-3-7-9-10(8-3)2-4(11)6-5/h2,5H2,1H3,(H,6,11). The fourth-order valence-corrected chi connectivity index (χ4v) is 0.564. The molecule has 11 heavy (non-hydrogen) atoms. The van der Waals surface area contributed by atoms with Gasteiger partial charge in [-0.25, -0.2) is 5.84 Å². The van der Waals surface area contributed by atoms with E-state index in [0.717, 1.165) is 4.80 Å². The highest BCUT2D eigenvalue weighted by Gasteiger charge is 2.02. The molecule has 0 atom stereocenters. The van der Waals surface area contributed by atoms with Crippen molar-refractivity contribution in [2.45, 2.75) is 13.5 Å². The zero-order valence-corrected chi connectivity index (χ0v) is 5.98. The predicted octanol–water partition coefficient (Wildman–Crippen LogP) is -2.03. The molecule has 1 aromatic heterocycles. The second-order valence-corrected chi connectivity index (χ2v) is 1.93. The molecular formula is C4H8N6O. The van der Waals surface area contributed by atoms with Gasteiger partial charge in [0.05, 0.1) is 0 Å². The van der Waals surface area contributed by atoms with Gasteiger partial charge in [0.2, 0.25) is 0 Å². The molecule has 0 saturated carbocycles. The highest BCUT2D eigenvalue weighted by atomic mass is 16.2. The average Bonchev–Trinajstić information content (AvgIpc) is 2.35. The molecule has 0 aliphatic carbocycles. The average molecular weight is 156 g/mol. The smallest absolute Gasteiger partial charge is 0.257 e. The number of amides is 1. The maximum atomic E-state index is 10.6. The summed E-state index contributed by atoms with van der Waals surface area (Å²) < 4.78 is 0. The van der Waals surface area contributed by atoms with Crippen molar-refractivity contribution in [1.29, 1.82) is 0 Å². The van der Waals surface area contributed by atoms with Gasteiger partial charge in [-0.2, -0.15) is 4.80 Å². The number of nitrogens with zero attached hydrogens (tertiary/aromatic N) is 4. The number of carbonyl (C=O) groups is 1. The molecule has 0 radical (unpaired) electrons. The number of tetrazole rings is 1. The quantitative estimate of drug-likeness (QED) is 0.292. The van der Waals surface area contributed by atoms with Crippen molar-refractivity contribution >= 4 is 5.91 Å². The number of aromatic nitrogens is 4. The SMILES string of the molecule is Cc1nnn(CC(=O)NN)n1. The Balaban J connectivity index is 2.57. The van der Waals surface area contributed by atoms with Gasteiger partial charge < -0.3 is 0 Å². The Kier molecular flexibility index (Phi) is 2.12. The molecule has 7 heteroatoms. The zero-order chi connectivity index (χ0) is 8.27. The number of rotatable bonds is 2. The lowest BCUT2D eigenvalue weighted by molar-refractivity contribution is -0.122. The van der Waals surface area contributed by atoms with Crippen molar-refractivity contribution in [3.63, 3.8) is 0 Å². The molecule has 0 bridgehead atoms. The van der Waals surface area contributed by atoms with E-state index < -0.39 is 0 Å². The number of nitrogens with two attached hydrogens (primary N) is 1. The predicted molar refractivity (Wildman–Crippen MR) is 34.9 cm³/mol. The van der Waals surface area contributed by atoms with Crippen molar-refractivity contribution in [3.8, 4) is 0 Å². The number of nitrogens with one attached hydrogen (secondary N) is 1. The van der Waals surface area contributed by atoms with Crippen LogP contribution in [0.2, 0.25) is 0 Å². The second kappa shape index (κ2) is 3.06. The Morgan fingerprint density at radius 3 is 3.00 bits per heavy atom.